The Bertz CT molecular complexity index is 445. The number of nitrogens with zero attached hydrogens (tertiary/aromatic N) is 2. The number of hydrogen-bond acceptors (Lipinski definition) is 3. The van der Waals surface area contributed by atoms with Gasteiger partial charge in [0.1, 0.15) is 11.9 Å². The largest absolute Gasteiger partial charge is 0.480 e. The summed E-state index contributed by atoms with van der Waals surface area (Å²) in [6.45, 7) is 4.50. The Labute approximate surface area is 112 Å². The van der Waals surface area contributed by atoms with E-state index >= 15 is 0 Å². The van der Waals surface area contributed by atoms with Crippen molar-refractivity contribution in [2.24, 2.45) is 0 Å². The summed E-state index contributed by atoms with van der Waals surface area (Å²) in [5.74, 6) is -0.997. The highest BCUT2D eigenvalue weighted by Gasteiger charge is 2.27. The predicted octanol–water partition coefficient (Wildman–Crippen LogP) is 1.81. The maximum Gasteiger partial charge on any atom is 0.320 e. The first-order valence-corrected chi connectivity index (χ1v) is 6.59. The summed E-state index contributed by atoms with van der Waals surface area (Å²) in [6.07, 6.45) is 0.592. The van der Waals surface area contributed by atoms with E-state index < -0.39 is 12.0 Å². The molecule has 1 aliphatic rings. The van der Waals surface area contributed by atoms with Gasteiger partial charge < -0.3 is 10.0 Å². The van der Waals surface area contributed by atoms with Crippen LogP contribution in [0.25, 0.3) is 0 Å². The van der Waals surface area contributed by atoms with Crippen LogP contribution in [0.3, 0.4) is 0 Å². The number of benzene rings is 1. The van der Waals surface area contributed by atoms with Crippen LogP contribution in [0.2, 0.25) is 0 Å². The average Bonchev–Trinajstić information content (AvgIpc) is 2.41. The van der Waals surface area contributed by atoms with Crippen LogP contribution in [-0.2, 0) is 4.79 Å². The molecule has 1 aromatic carbocycles. The van der Waals surface area contributed by atoms with E-state index in [1.54, 1.807) is 12.1 Å². The van der Waals surface area contributed by atoms with Crippen molar-refractivity contribution in [2.45, 2.75) is 19.4 Å². The van der Waals surface area contributed by atoms with E-state index in [-0.39, 0.29) is 5.82 Å². The van der Waals surface area contributed by atoms with Crippen LogP contribution < -0.4 is 4.90 Å². The van der Waals surface area contributed by atoms with Crippen LogP contribution in [0.15, 0.2) is 24.3 Å². The summed E-state index contributed by atoms with van der Waals surface area (Å²) in [6, 6.07) is 6.28. The number of carboxylic acid groups (broad SMARTS) is 1. The third-order valence-electron chi connectivity index (χ3n) is 3.62. The molecule has 0 radical (unpaired) electrons. The lowest BCUT2D eigenvalue weighted by Crippen LogP contribution is -2.52. The normalized spacial score (nSPS) is 18.3. The summed E-state index contributed by atoms with van der Waals surface area (Å²) in [7, 11) is 0. The van der Waals surface area contributed by atoms with Gasteiger partial charge in [-0.2, -0.15) is 0 Å². The molecule has 4 nitrogen and oxygen atoms in total. The van der Waals surface area contributed by atoms with Crippen LogP contribution in [0.4, 0.5) is 10.1 Å². The second kappa shape index (κ2) is 6.02. The minimum absolute atomic E-state index is 0.221. The van der Waals surface area contributed by atoms with Crippen LogP contribution in [0.1, 0.15) is 13.3 Å². The minimum Gasteiger partial charge on any atom is -0.480 e. The molecule has 19 heavy (non-hydrogen) atoms. The third kappa shape index (κ3) is 3.04. The first-order valence-electron chi connectivity index (χ1n) is 6.59. The van der Waals surface area contributed by atoms with Crippen molar-refractivity contribution >= 4 is 11.7 Å². The summed E-state index contributed by atoms with van der Waals surface area (Å²) < 4.78 is 13.7. The number of para-hydroxylation sites is 1. The SMILES string of the molecule is CCC(C(=O)O)N1CCN(c2ccccc2F)CC1. The van der Waals surface area contributed by atoms with Gasteiger partial charge in [-0.1, -0.05) is 19.1 Å². The zero-order valence-corrected chi connectivity index (χ0v) is 11.1. The minimum atomic E-state index is -0.776. The molecular formula is C14H19FN2O2. The fraction of sp³-hybridized carbons (Fsp3) is 0.500. The molecule has 1 aromatic rings. The smallest absolute Gasteiger partial charge is 0.320 e. The highest BCUT2D eigenvalue weighted by atomic mass is 19.1. The molecule has 0 saturated carbocycles. The number of anilines is 1. The molecule has 0 aliphatic carbocycles. The number of aliphatic carboxylic acids is 1. The Hall–Kier alpha value is -1.62. The Balaban J connectivity index is 2.00. The van der Waals surface area contributed by atoms with Crippen molar-refractivity contribution in [2.75, 3.05) is 31.1 Å². The van der Waals surface area contributed by atoms with Crippen molar-refractivity contribution < 1.29 is 14.3 Å². The van der Waals surface area contributed by atoms with Crippen LogP contribution in [-0.4, -0.2) is 48.2 Å². The van der Waals surface area contributed by atoms with Gasteiger partial charge >= 0.3 is 5.97 Å². The number of halogens is 1. The molecule has 2 rings (SSSR count). The lowest BCUT2D eigenvalue weighted by atomic mass is 10.1. The van der Waals surface area contributed by atoms with E-state index in [1.807, 2.05) is 22.8 Å². The number of rotatable bonds is 4. The van der Waals surface area contributed by atoms with E-state index in [0.717, 1.165) is 0 Å². The molecule has 5 heteroatoms. The molecular weight excluding hydrogens is 247 g/mol. The van der Waals surface area contributed by atoms with Gasteiger partial charge in [0.25, 0.3) is 0 Å². The Morgan fingerprint density at radius 3 is 2.47 bits per heavy atom. The molecule has 1 heterocycles. The molecule has 1 saturated heterocycles. The molecule has 0 amide bonds. The van der Waals surface area contributed by atoms with E-state index in [0.29, 0.717) is 38.3 Å². The zero-order valence-electron chi connectivity index (χ0n) is 11.1. The second-order valence-electron chi connectivity index (χ2n) is 4.74. The molecule has 0 bridgehead atoms. The lowest BCUT2D eigenvalue weighted by molar-refractivity contribution is -0.143. The fourth-order valence-corrected chi connectivity index (χ4v) is 2.57. The van der Waals surface area contributed by atoms with Crippen molar-refractivity contribution in [3.05, 3.63) is 30.1 Å². The van der Waals surface area contributed by atoms with Crippen LogP contribution in [0.5, 0.6) is 0 Å². The molecule has 1 aliphatic heterocycles. The maximum atomic E-state index is 13.7. The highest BCUT2D eigenvalue weighted by Crippen LogP contribution is 2.21. The molecule has 0 spiro atoms. The van der Waals surface area contributed by atoms with Gasteiger partial charge in [-0.3, -0.25) is 9.69 Å². The lowest BCUT2D eigenvalue weighted by Gasteiger charge is -2.38. The van der Waals surface area contributed by atoms with Gasteiger partial charge in [-0.25, -0.2) is 4.39 Å². The molecule has 1 fully saturated rings. The van der Waals surface area contributed by atoms with E-state index in [4.69, 9.17) is 5.11 Å². The van der Waals surface area contributed by atoms with Gasteiger partial charge in [-0.15, -0.1) is 0 Å². The Morgan fingerprint density at radius 1 is 1.32 bits per heavy atom. The fourth-order valence-electron chi connectivity index (χ4n) is 2.57. The van der Waals surface area contributed by atoms with Crippen LogP contribution >= 0.6 is 0 Å². The number of hydrogen-bond donors (Lipinski definition) is 1. The van der Waals surface area contributed by atoms with Gasteiger partial charge in [0.2, 0.25) is 0 Å². The third-order valence-corrected chi connectivity index (χ3v) is 3.62. The number of piperazine rings is 1. The summed E-state index contributed by atoms with van der Waals surface area (Å²) in [5, 5.41) is 9.14. The summed E-state index contributed by atoms with van der Waals surface area (Å²) in [4.78, 5) is 15.1. The number of carboxylic acids is 1. The molecule has 1 N–H and O–H groups in total. The van der Waals surface area contributed by atoms with Gasteiger partial charge in [0, 0.05) is 26.2 Å². The molecule has 1 unspecified atom stereocenters. The summed E-state index contributed by atoms with van der Waals surface area (Å²) in [5.41, 5.74) is 0.602. The van der Waals surface area contributed by atoms with E-state index in [9.17, 15) is 9.18 Å². The molecule has 1 atom stereocenters. The van der Waals surface area contributed by atoms with Gasteiger partial charge in [-0.05, 0) is 18.6 Å². The van der Waals surface area contributed by atoms with Crippen molar-refractivity contribution in [3.8, 4) is 0 Å². The summed E-state index contributed by atoms with van der Waals surface area (Å²) >= 11 is 0. The van der Waals surface area contributed by atoms with E-state index in [2.05, 4.69) is 0 Å². The second-order valence-corrected chi connectivity index (χ2v) is 4.74. The average molecular weight is 266 g/mol. The van der Waals surface area contributed by atoms with Gasteiger partial charge in [0.05, 0.1) is 5.69 Å². The highest BCUT2D eigenvalue weighted by molar-refractivity contribution is 5.73. The zero-order chi connectivity index (χ0) is 13.8. The first-order chi connectivity index (χ1) is 9.13. The first kappa shape index (κ1) is 13.8. The topological polar surface area (TPSA) is 43.8 Å². The standard InChI is InChI=1S/C14H19FN2O2/c1-2-12(14(18)19)16-7-9-17(10-8-16)13-6-4-3-5-11(13)15/h3-6,12H,2,7-10H2,1H3,(H,18,19). The maximum absolute atomic E-state index is 13.7. The molecule has 0 aromatic heterocycles. The van der Waals surface area contributed by atoms with Gasteiger partial charge in [0.15, 0.2) is 0 Å². The van der Waals surface area contributed by atoms with Crippen LogP contribution in [0, 0.1) is 5.82 Å². The van der Waals surface area contributed by atoms with Crippen molar-refractivity contribution in [3.63, 3.8) is 0 Å². The van der Waals surface area contributed by atoms with E-state index in [1.165, 1.54) is 6.07 Å². The Kier molecular flexibility index (Phi) is 4.37. The van der Waals surface area contributed by atoms with Crippen molar-refractivity contribution in [1.82, 2.24) is 4.90 Å². The number of carbonyl (C=O) groups is 1. The predicted molar refractivity (Wildman–Crippen MR) is 71.9 cm³/mol. The Morgan fingerprint density at radius 2 is 1.95 bits per heavy atom. The van der Waals surface area contributed by atoms with Crippen molar-refractivity contribution in [1.29, 1.82) is 0 Å². The molecule has 104 valence electrons. The quantitative estimate of drug-likeness (QED) is 0.902. The monoisotopic (exact) mass is 266 g/mol.